The quantitative estimate of drug-likeness (QED) is 0.0281. The van der Waals surface area contributed by atoms with Gasteiger partial charge in [0.25, 0.3) is 11.5 Å². The number of carbonyl (C=O) groups excluding carboxylic acids is 3. The monoisotopic (exact) mass is 969 g/mol. The highest BCUT2D eigenvalue weighted by Gasteiger charge is 2.38. The highest BCUT2D eigenvalue weighted by molar-refractivity contribution is 7.80. The summed E-state index contributed by atoms with van der Waals surface area (Å²) >= 11 is 5.36. The van der Waals surface area contributed by atoms with Gasteiger partial charge in [0.05, 0.1) is 49.1 Å². The first kappa shape index (κ1) is 47.9. The number of benzene rings is 4. The molecule has 4 aromatic carbocycles. The second kappa shape index (κ2) is 21.6. The molecule has 4 heterocycles. The summed E-state index contributed by atoms with van der Waals surface area (Å²) in [5.41, 5.74) is 9.47. The number of hydrogen-bond acceptors (Lipinski definition) is 14. The Balaban J connectivity index is 0.771. The predicted molar refractivity (Wildman–Crippen MR) is 262 cm³/mol. The highest BCUT2D eigenvalue weighted by atomic mass is 32.1. The highest BCUT2D eigenvalue weighted by Crippen LogP contribution is 2.33. The van der Waals surface area contributed by atoms with Crippen molar-refractivity contribution in [1.29, 1.82) is 0 Å². The number of morpholine rings is 1. The molecule has 1 unspecified atom stereocenters. The molecule has 8 rings (SSSR count). The fourth-order valence-electron chi connectivity index (χ4n) is 7.60. The smallest absolute Gasteiger partial charge is 0.356 e. The number of rotatable bonds is 17. The molecule has 0 spiro atoms. The van der Waals surface area contributed by atoms with Gasteiger partial charge in [-0.05, 0) is 83.8 Å². The molecule has 3 aromatic heterocycles. The lowest BCUT2D eigenvalue weighted by molar-refractivity contribution is -0.349. The first-order valence-electron chi connectivity index (χ1n) is 21.9. The number of carboxylic acid groups (broad SMARTS) is 1. The second-order valence-corrected chi connectivity index (χ2v) is 16.5. The van der Waals surface area contributed by atoms with Crippen LogP contribution in [0.15, 0.2) is 123 Å². The Morgan fingerprint density at radius 3 is 2.37 bits per heavy atom. The van der Waals surface area contributed by atoms with Crippen LogP contribution in [-0.4, -0.2) is 94.7 Å². The number of nitrogen functional groups attached to an aromatic ring is 1. The van der Waals surface area contributed by atoms with E-state index < -0.39 is 35.4 Å². The van der Waals surface area contributed by atoms with Crippen molar-refractivity contribution in [2.24, 2.45) is 0 Å². The number of thiocarbonyl (C=S) groups is 1. The molecule has 1 atom stereocenters. The number of nitrogens with one attached hydrogen (secondary N) is 7. The summed E-state index contributed by atoms with van der Waals surface area (Å²) in [5.74, 6) is -2.70. The van der Waals surface area contributed by atoms with Crippen LogP contribution < -0.4 is 52.8 Å². The average Bonchev–Trinajstić information content (AvgIpc) is 3.37. The molecule has 0 saturated carbocycles. The number of aromatic amines is 2. The maximum Gasteiger partial charge on any atom is 0.356 e. The van der Waals surface area contributed by atoms with Gasteiger partial charge in [0.1, 0.15) is 25.3 Å². The Kier molecular flexibility index (Phi) is 14.8. The van der Waals surface area contributed by atoms with E-state index in [1.807, 2.05) is 42.5 Å². The molecule has 22 heteroatoms. The molecule has 70 heavy (non-hydrogen) atoms. The molecule has 1 aliphatic rings. The van der Waals surface area contributed by atoms with Crippen LogP contribution in [0.3, 0.4) is 0 Å². The van der Waals surface area contributed by atoms with Gasteiger partial charge < -0.3 is 51.3 Å². The molecule has 1 saturated heterocycles. The van der Waals surface area contributed by atoms with Crippen LogP contribution in [0.5, 0.6) is 0 Å². The number of ether oxygens (including phenoxy) is 2. The number of aliphatic carboxylic acids is 1. The minimum absolute atomic E-state index is 0.0378. The van der Waals surface area contributed by atoms with Crippen LogP contribution in [0, 0.1) is 0 Å². The number of quaternary nitrogens is 1. The molecule has 0 bridgehead atoms. The van der Waals surface area contributed by atoms with Gasteiger partial charge >= 0.3 is 29.4 Å². The van der Waals surface area contributed by atoms with E-state index in [1.165, 1.54) is 18.2 Å². The number of aromatic nitrogens is 4. The minimum atomic E-state index is -1.35. The van der Waals surface area contributed by atoms with Gasteiger partial charge in [0.15, 0.2) is 16.1 Å². The summed E-state index contributed by atoms with van der Waals surface area (Å²) in [6.45, 7) is 1.61. The van der Waals surface area contributed by atoms with Gasteiger partial charge in [-0.1, -0.05) is 42.5 Å². The Bertz CT molecular complexity index is 3200. The third kappa shape index (κ3) is 11.6. The van der Waals surface area contributed by atoms with E-state index in [0.29, 0.717) is 60.2 Å². The zero-order chi connectivity index (χ0) is 49.2. The average molecular weight is 970 g/mol. The molecule has 10 N–H and O–H groups in total. The summed E-state index contributed by atoms with van der Waals surface area (Å²) in [4.78, 5) is 90.1. The summed E-state index contributed by atoms with van der Waals surface area (Å²) in [6, 6.07) is 27.9. The molecule has 0 aliphatic carbocycles. The fourth-order valence-corrected chi connectivity index (χ4v) is 7.79. The Labute approximate surface area is 403 Å². The summed E-state index contributed by atoms with van der Waals surface area (Å²) in [5, 5.41) is 24.4. The summed E-state index contributed by atoms with van der Waals surface area (Å²) in [6.07, 6.45) is 1.18. The van der Waals surface area contributed by atoms with Gasteiger partial charge in [0, 0.05) is 28.9 Å². The largest absolute Gasteiger partial charge is 0.480 e. The number of carbonyl (C=O) groups is 4. The maximum atomic E-state index is 13.4. The number of nitrogens with zero attached hydrogens (tertiary/aromatic N) is 3. The Morgan fingerprint density at radius 1 is 0.900 bits per heavy atom. The van der Waals surface area contributed by atoms with Gasteiger partial charge in [0.2, 0.25) is 18.2 Å². The predicted octanol–water partition coefficient (Wildman–Crippen LogP) is 3.28. The van der Waals surface area contributed by atoms with Crippen LogP contribution in [0.4, 0.5) is 23.2 Å². The lowest BCUT2D eigenvalue weighted by Gasteiger charge is -2.37. The zero-order valence-electron chi connectivity index (χ0n) is 37.3. The van der Waals surface area contributed by atoms with Crippen molar-refractivity contribution in [2.75, 3.05) is 56.1 Å². The number of fused-ring (bicyclic) bond motifs is 2. The molecule has 21 nitrogen and oxygen atoms in total. The molecule has 1 fully saturated rings. The van der Waals surface area contributed by atoms with E-state index in [1.54, 1.807) is 48.7 Å². The van der Waals surface area contributed by atoms with Crippen molar-refractivity contribution in [3.05, 3.63) is 147 Å². The van der Waals surface area contributed by atoms with Crippen LogP contribution >= 0.6 is 12.2 Å². The minimum Gasteiger partial charge on any atom is -0.480 e. The van der Waals surface area contributed by atoms with E-state index in [2.05, 4.69) is 46.5 Å². The lowest BCUT2D eigenvalue weighted by Crippen LogP contribution is -2.58. The zero-order valence-corrected chi connectivity index (χ0v) is 38.1. The normalized spacial score (nSPS) is 13.4. The standard InChI is InChI=1S/C48H45N11O10S/c49-47-57-42-40(44(63)58-47)54-33(25-51-42)24-50-31-13-9-29(10-14-31)43(62)56-36(45(64)65)17-18-38(61)52-26-53-48(70)55-32-15-11-30(12-16-32)46(66)68-27-59(19-21-67-22-20-59)39-23-37(60)35-8-4-7-34(41(35)69-39)28-5-2-1-3-6-28/h1-16,23,25,36H,17-22,24,26-27H2,(H8-,49,50,51,52,53,55,56,57,58,61,62,63,64,65,66,70)/p+2. The SMILES string of the molecule is Nc1nc2[nH+]cc(CNc3ccc(C(=O)NC(CCC(=O)NCNC(=S)Nc4ccc(C(=O)OC[N+]5(c6cc(=O)c7cccc(-c8ccccc8)c7o6)CCOCC5)cc4)C(=O)O)cc3)nc2c(=O)[nH]1. The van der Waals surface area contributed by atoms with Gasteiger partial charge in [-0.15, -0.1) is 0 Å². The van der Waals surface area contributed by atoms with Gasteiger partial charge in [-0.3, -0.25) is 24.2 Å². The topological polar surface area (TPSA) is 296 Å². The van der Waals surface area contributed by atoms with Crippen molar-refractivity contribution < 1.29 is 43.2 Å². The third-order valence-electron chi connectivity index (χ3n) is 11.4. The third-order valence-corrected chi connectivity index (χ3v) is 11.7. The molecule has 0 radical (unpaired) electrons. The van der Waals surface area contributed by atoms with E-state index in [-0.39, 0.29) is 76.0 Å². The first-order valence-corrected chi connectivity index (χ1v) is 22.4. The van der Waals surface area contributed by atoms with Crippen molar-refractivity contribution in [2.45, 2.75) is 25.4 Å². The second-order valence-electron chi connectivity index (χ2n) is 16.1. The molecule has 1 aliphatic heterocycles. The number of nitrogens with two attached hydrogens (primary N) is 1. The Hall–Kier alpha value is -8.60. The van der Waals surface area contributed by atoms with E-state index >= 15 is 0 Å². The lowest BCUT2D eigenvalue weighted by atomic mass is 10.0. The summed E-state index contributed by atoms with van der Waals surface area (Å²) in [7, 11) is 0. The van der Waals surface area contributed by atoms with E-state index in [0.717, 1.165) is 11.1 Å². The number of anilines is 3. The maximum absolute atomic E-state index is 13.4. The van der Waals surface area contributed by atoms with Crippen LogP contribution in [0.2, 0.25) is 0 Å². The van der Waals surface area contributed by atoms with Gasteiger partial charge in [-0.25, -0.2) is 24.0 Å². The number of carboxylic acids is 1. The molecule has 7 aromatic rings. The van der Waals surface area contributed by atoms with Crippen molar-refractivity contribution >= 4 is 86.4 Å². The molecule has 2 amide bonds. The first-order chi connectivity index (χ1) is 33.8. The number of H-pyrrole nitrogens is 2. The number of hydrogen-bond donors (Lipinski definition) is 8. The van der Waals surface area contributed by atoms with Gasteiger partial charge in [-0.2, -0.15) is 0 Å². The van der Waals surface area contributed by atoms with Crippen molar-refractivity contribution in [1.82, 2.24) is 35.4 Å². The number of amides is 2. The van der Waals surface area contributed by atoms with Crippen molar-refractivity contribution in [3.8, 4) is 11.1 Å². The van der Waals surface area contributed by atoms with E-state index in [4.69, 9.17) is 31.8 Å². The molecule has 358 valence electrons. The van der Waals surface area contributed by atoms with E-state index in [9.17, 15) is 33.9 Å². The number of para-hydroxylation sites is 1. The van der Waals surface area contributed by atoms with Crippen molar-refractivity contribution in [3.63, 3.8) is 0 Å². The Morgan fingerprint density at radius 2 is 1.63 bits per heavy atom. The fraction of sp³-hybridized carbons (Fsp3) is 0.208. The van der Waals surface area contributed by atoms with Crippen LogP contribution in [-0.2, 0) is 25.6 Å². The molecular weight excluding hydrogens is 923 g/mol. The molecular formula is C48H47N11O10S+2. The number of esters is 1. The summed E-state index contributed by atoms with van der Waals surface area (Å²) < 4.78 is 18.1. The van der Waals surface area contributed by atoms with Crippen LogP contribution in [0.1, 0.15) is 39.3 Å². The van der Waals surface area contributed by atoms with Crippen LogP contribution in [0.25, 0.3) is 33.3 Å².